The van der Waals surface area contributed by atoms with E-state index in [1.165, 1.54) is 32.7 Å². The number of aryl methyl sites for hydroxylation is 1. The lowest BCUT2D eigenvalue weighted by Gasteiger charge is -2.26. The van der Waals surface area contributed by atoms with Crippen LogP contribution in [0.5, 0.6) is 0 Å². The normalized spacial score (nSPS) is 15.9. The number of carbonyl (C=O) groups is 2. The molecule has 3 heterocycles. The van der Waals surface area contributed by atoms with E-state index in [0.717, 1.165) is 43.2 Å². The number of urea groups is 1. The summed E-state index contributed by atoms with van der Waals surface area (Å²) >= 11 is 1.53. The van der Waals surface area contributed by atoms with E-state index >= 15 is 0 Å². The topological polar surface area (TPSA) is 74.4 Å². The fourth-order valence-electron chi connectivity index (χ4n) is 4.68. The number of hydrogen-bond donors (Lipinski definition) is 2. The van der Waals surface area contributed by atoms with Crippen LogP contribution in [0.15, 0.2) is 36.5 Å². The fourth-order valence-corrected chi connectivity index (χ4v) is 5.95. The standard InChI is InChI=1S/C25H27N3O3S/c1-2-31-24(29)22-18-8-4-6-10-21(18)32-23(22)27-25(30)28-13-11-16(12-14-28)19-15-26-20-9-5-3-7-17(19)20/h3,5,7,9,11,15,26H,2,4,6,8,10,12-14H2,1H3,(H,27,30). The number of nitrogens with zero attached hydrogens (tertiary/aromatic N) is 1. The van der Waals surface area contributed by atoms with E-state index in [1.54, 1.807) is 11.8 Å². The van der Waals surface area contributed by atoms with Crippen molar-refractivity contribution < 1.29 is 14.3 Å². The van der Waals surface area contributed by atoms with Gasteiger partial charge in [-0.25, -0.2) is 9.59 Å². The number of aromatic amines is 1. The Morgan fingerprint density at radius 3 is 2.84 bits per heavy atom. The van der Waals surface area contributed by atoms with Gasteiger partial charge in [0.2, 0.25) is 0 Å². The molecule has 2 aromatic heterocycles. The van der Waals surface area contributed by atoms with Crippen molar-refractivity contribution in [3.63, 3.8) is 0 Å². The minimum atomic E-state index is -0.331. The first-order chi connectivity index (χ1) is 15.7. The quantitative estimate of drug-likeness (QED) is 0.509. The largest absolute Gasteiger partial charge is 0.462 e. The van der Waals surface area contributed by atoms with Crippen molar-refractivity contribution in [2.75, 3.05) is 25.0 Å². The Kier molecular flexibility index (Phi) is 5.74. The third-order valence-corrected chi connectivity index (χ3v) is 7.51. The van der Waals surface area contributed by atoms with Gasteiger partial charge < -0.3 is 14.6 Å². The molecule has 1 aliphatic heterocycles. The number of ether oxygens (including phenoxy) is 1. The van der Waals surface area contributed by atoms with Crippen molar-refractivity contribution >= 4 is 44.8 Å². The first kappa shape index (κ1) is 20.8. The zero-order chi connectivity index (χ0) is 22.1. The molecule has 6 nitrogen and oxygen atoms in total. The molecule has 0 radical (unpaired) electrons. The van der Waals surface area contributed by atoms with Crippen LogP contribution in [0.1, 0.15) is 52.5 Å². The van der Waals surface area contributed by atoms with Crippen LogP contribution in [-0.2, 0) is 17.6 Å². The first-order valence-electron chi connectivity index (χ1n) is 11.3. The Hall–Kier alpha value is -3.06. The van der Waals surface area contributed by atoms with E-state index in [2.05, 4.69) is 28.5 Å². The second kappa shape index (κ2) is 8.82. The molecule has 0 atom stereocenters. The average molecular weight is 450 g/mol. The first-order valence-corrected chi connectivity index (χ1v) is 12.1. The smallest absolute Gasteiger partial charge is 0.341 e. The highest BCUT2D eigenvalue weighted by Crippen LogP contribution is 2.39. The number of amides is 2. The van der Waals surface area contributed by atoms with Crippen LogP contribution in [0.4, 0.5) is 9.80 Å². The summed E-state index contributed by atoms with van der Waals surface area (Å²) in [6.45, 7) is 3.31. The van der Waals surface area contributed by atoms with Crippen LogP contribution in [0.3, 0.4) is 0 Å². The van der Waals surface area contributed by atoms with Gasteiger partial charge >= 0.3 is 12.0 Å². The molecule has 32 heavy (non-hydrogen) atoms. The number of thiophene rings is 1. The van der Waals surface area contributed by atoms with Crippen molar-refractivity contribution in [3.8, 4) is 0 Å². The van der Waals surface area contributed by atoms with Gasteiger partial charge in [0.1, 0.15) is 5.00 Å². The van der Waals surface area contributed by atoms with Gasteiger partial charge in [-0.1, -0.05) is 24.3 Å². The molecule has 1 aromatic carbocycles. The number of nitrogens with one attached hydrogen (secondary N) is 2. The number of H-pyrrole nitrogens is 1. The average Bonchev–Trinajstić information content (AvgIpc) is 3.40. The lowest BCUT2D eigenvalue weighted by molar-refractivity contribution is 0.0526. The number of carbonyl (C=O) groups excluding carboxylic acids is 2. The predicted octanol–water partition coefficient (Wildman–Crippen LogP) is 5.61. The highest BCUT2D eigenvalue weighted by molar-refractivity contribution is 7.17. The maximum Gasteiger partial charge on any atom is 0.341 e. The monoisotopic (exact) mass is 449 g/mol. The van der Waals surface area contributed by atoms with Crippen LogP contribution >= 0.6 is 11.3 Å². The fraction of sp³-hybridized carbons (Fsp3) is 0.360. The van der Waals surface area contributed by atoms with E-state index in [4.69, 9.17) is 4.74 Å². The molecule has 0 unspecified atom stereocenters. The van der Waals surface area contributed by atoms with Gasteiger partial charge in [-0.3, -0.25) is 5.32 Å². The van der Waals surface area contributed by atoms with Crippen LogP contribution in [-0.4, -0.2) is 41.6 Å². The molecule has 5 rings (SSSR count). The molecule has 2 aliphatic rings. The summed E-state index contributed by atoms with van der Waals surface area (Å²) in [6, 6.07) is 8.10. The number of fused-ring (bicyclic) bond motifs is 2. The Bertz CT molecular complexity index is 1210. The van der Waals surface area contributed by atoms with Crippen molar-refractivity contribution in [1.82, 2.24) is 9.88 Å². The molecule has 0 saturated carbocycles. The van der Waals surface area contributed by atoms with Crippen LogP contribution in [0.25, 0.3) is 16.5 Å². The lowest BCUT2D eigenvalue weighted by Crippen LogP contribution is -2.38. The number of hydrogen-bond acceptors (Lipinski definition) is 4. The van der Waals surface area contributed by atoms with Crippen molar-refractivity contribution in [1.29, 1.82) is 0 Å². The molecule has 0 spiro atoms. The van der Waals surface area contributed by atoms with Gasteiger partial charge in [0.05, 0.1) is 12.2 Å². The Morgan fingerprint density at radius 1 is 1.19 bits per heavy atom. The molecule has 3 aromatic rings. The summed E-state index contributed by atoms with van der Waals surface area (Å²) in [5.41, 5.74) is 5.21. The van der Waals surface area contributed by atoms with Crippen LogP contribution in [0, 0.1) is 0 Å². The number of benzene rings is 1. The molecule has 0 saturated heterocycles. The summed E-state index contributed by atoms with van der Waals surface area (Å²) in [6.07, 6.45) is 8.99. The van der Waals surface area contributed by atoms with E-state index in [-0.39, 0.29) is 12.0 Å². The predicted molar refractivity (Wildman–Crippen MR) is 128 cm³/mol. The number of anilines is 1. The number of aromatic nitrogens is 1. The van der Waals surface area contributed by atoms with E-state index in [9.17, 15) is 9.59 Å². The van der Waals surface area contributed by atoms with Gasteiger partial charge in [-0.05, 0) is 56.2 Å². The highest BCUT2D eigenvalue weighted by atomic mass is 32.1. The molecule has 7 heteroatoms. The minimum absolute atomic E-state index is 0.164. The maximum absolute atomic E-state index is 13.1. The van der Waals surface area contributed by atoms with Gasteiger partial charge in [0.25, 0.3) is 0 Å². The number of rotatable bonds is 4. The SMILES string of the molecule is CCOC(=O)c1c(NC(=O)N2CC=C(c3c[nH]c4ccccc34)CC2)sc2c1CCCC2. The summed E-state index contributed by atoms with van der Waals surface area (Å²) in [5, 5.41) is 4.86. The molecule has 0 fully saturated rings. The van der Waals surface area contributed by atoms with E-state index < -0.39 is 0 Å². The Labute approximate surface area is 191 Å². The molecular weight excluding hydrogens is 422 g/mol. The van der Waals surface area contributed by atoms with Crippen LogP contribution < -0.4 is 5.32 Å². The van der Waals surface area contributed by atoms with Gasteiger partial charge in [0, 0.05) is 40.6 Å². The van der Waals surface area contributed by atoms with Crippen molar-refractivity contribution in [2.45, 2.75) is 39.0 Å². The lowest BCUT2D eigenvalue weighted by atomic mass is 9.95. The molecule has 2 amide bonds. The highest BCUT2D eigenvalue weighted by Gasteiger charge is 2.28. The van der Waals surface area contributed by atoms with Crippen molar-refractivity contribution in [3.05, 3.63) is 58.1 Å². The maximum atomic E-state index is 13.1. The third kappa shape index (κ3) is 3.81. The Balaban J connectivity index is 1.33. The van der Waals surface area contributed by atoms with Crippen molar-refractivity contribution in [2.24, 2.45) is 0 Å². The number of para-hydroxylation sites is 1. The zero-order valence-electron chi connectivity index (χ0n) is 18.2. The van der Waals surface area contributed by atoms with Gasteiger partial charge in [0.15, 0.2) is 0 Å². The molecule has 2 N–H and O–H groups in total. The Morgan fingerprint density at radius 2 is 2.03 bits per heavy atom. The molecule has 0 bridgehead atoms. The van der Waals surface area contributed by atoms with Gasteiger partial charge in [-0.15, -0.1) is 11.3 Å². The minimum Gasteiger partial charge on any atom is -0.462 e. The summed E-state index contributed by atoms with van der Waals surface area (Å²) in [7, 11) is 0. The summed E-state index contributed by atoms with van der Waals surface area (Å²) in [4.78, 5) is 32.0. The molecular formula is C25H27N3O3S. The number of esters is 1. The summed E-state index contributed by atoms with van der Waals surface area (Å²) < 4.78 is 5.30. The summed E-state index contributed by atoms with van der Waals surface area (Å²) in [5.74, 6) is -0.331. The molecule has 166 valence electrons. The van der Waals surface area contributed by atoms with E-state index in [0.29, 0.717) is 30.3 Å². The van der Waals surface area contributed by atoms with E-state index in [1.807, 2.05) is 18.3 Å². The van der Waals surface area contributed by atoms with Gasteiger partial charge in [-0.2, -0.15) is 0 Å². The van der Waals surface area contributed by atoms with Crippen LogP contribution in [0.2, 0.25) is 0 Å². The second-order valence-electron chi connectivity index (χ2n) is 8.24. The second-order valence-corrected chi connectivity index (χ2v) is 9.34. The zero-order valence-corrected chi connectivity index (χ0v) is 19.0. The third-order valence-electron chi connectivity index (χ3n) is 6.30. The molecule has 1 aliphatic carbocycles.